The van der Waals surface area contributed by atoms with Crippen LogP contribution in [0.2, 0.25) is 0 Å². The van der Waals surface area contributed by atoms with E-state index in [2.05, 4.69) is 5.32 Å². The number of cyclic esters (lactones) is 1. The van der Waals surface area contributed by atoms with Crippen LogP contribution >= 0.6 is 0 Å². The van der Waals surface area contributed by atoms with Crippen LogP contribution in [0.4, 0.5) is 11.4 Å². The van der Waals surface area contributed by atoms with Crippen molar-refractivity contribution in [2.24, 2.45) is 0 Å². The summed E-state index contributed by atoms with van der Waals surface area (Å²) in [6, 6.07) is 7.47. The Kier molecular flexibility index (Phi) is 4.95. The van der Waals surface area contributed by atoms with Crippen molar-refractivity contribution in [1.82, 2.24) is 5.32 Å². The van der Waals surface area contributed by atoms with Gasteiger partial charge in [-0.1, -0.05) is 0 Å². The second-order valence-electron chi connectivity index (χ2n) is 5.63. The van der Waals surface area contributed by atoms with E-state index in [4.69, 9.17) is 9.47 Å². The molecule has 128 valence electrons. The smallest absolute Gasteiger partial charge is 0.325 e. The lowest BCUT2D eigenvalue weighted by molar-refractivity contribution is -0.149. The van der Waals surface area contributed by atoms with Gasteiger partial charge in [-0.2, -0.15) is 0 Å². The van der Waals surface area contributed by atoms with Crippen molar-refractivity contribution >= 4 is 29.7 Å². The number of hydrogen-bond acceptors (Lipinski definition) is 6. The maximum Gasteiger partial charge on any atom is 0.325 e. The largest absolute Gasteiger partial charge is 0.457 e. The summed E-state index contributed by atoms with van der Waals surface area (Å²) in [4.78, 5) is 37.6. The fraction of sp³-hybridized carbons (Fsp3) is 0.438. The molecule has 8 heteroatoms. The number of rotatable bonds is 5. The molecule has 8 nitrogen and oxygen atoms in total. The summed E-state index contributed by atoms with van der Waals surface area (Å²) >= 11 is 0. The van der Waals surface area contributed by atoms with Crippen LogP contribution in [-0.2, 0) is 23.9 Å². The van der Waals surface area contributed by atoms with E-state index in [9.17, 15) is 14.4 Å². The van der Waals surface area contributed by atoms with Gasteiger partial charge in [-0.15, -0.1) is 0 Å². The molecule has 0 aromatic heterocycles. The Bertz CT molecular complexity index is 619. The molecule has 0 saturated carbocycles. The van der Waals surface area contributed by atoms with E-state index in [0.29, 0.717) is 26.1 Å². The van der Waals surface area contributed by atoms with E-state index < -0.39 is 0 Å². The number of benzene rings is 1. The molecule has 1 atom stereocenters. The Balaban J connectivity index is 1.69. The number of anilines is 2. The van der Waals surface area contributed by atoms with E-state index in [1.54, 1.807) is 4.90 Å². The van der Waals surface area contributed by atoms with E-state index in [0.717, 1.165) is 11.4 Å². The summed E-state index contributed by atoms with van der Waals surface area (Å²) in [6.07, 6.45) is 0.206. The zero-order valence-electron chi connectivity index (χ0n) is 13.1. The zero-order chi connectivity index (χ0) is 16.9. The number of nitrogens with zero attached hydrogens (tertiary/aromatic N) is 2. The van der Waals surface area contributed by atoms with Crippen molar-refractivity contribution in [2.75, 3.05) is 49.2 Å². The number of hydrogen-bond donors (Lipinski definition) is 1. The van der Waals surface area contributed by atoms with Gasteiger partial charge < -0.3 is 24.6 Å². The molecule has 0 aliphatic carbocycles. The van der Waals surface area contributed by atoms with E-state index in [1.807, 2.05) is 29.2 Å². The number of amides is 2. The molecule has 1 aromatic carbocycles. The van der Waals surface area contributed by atoms with Gasteiger partial charge >= 0.3 is 5.97 Å². The quantitative estimate of drug-likeness (QED) is 0.579. The molecule has 0 radical (unpaired) electrons. The highest BCUT2D eigenvalue weighted by molar-refractivity contribution is 5.95. The standard InChI is InChI=1S/C16H19N3O5/c20-11-17-7-14-8-18(9-16(22)24-14)12-1-3-13(4-2-12)19-5-6-23-10-15(19)21/h1-4,11,14H,5-10H2,(H,17,20). The minimum absolute atomic E-state index is 0.0597. The zero-order valence-corrected chi connectivity index (χ0v) is 13.1. The Labute approximate surface area is 139 Å². The average molecular weight is 333 g/mol. The fourth-order valence-electron chi connectivity index (χ4n) is 2.84. The monoisotopic (exact) mass is 333 g/mol. The average Bonchev–Trinajstić information content (AvgIpc) is 2.60. The second-order valence-corrected chi connectivity index (χ2v) is 5.63. The predicted molar refractivity (Wildman–Crippen MR) is 85.8 cm³/mol. The van der Waals surface area contributed by atoms with Crippen molar-refractivity contribution in [3.63, 3.8) is 0 Å². The van der Waals surface area contributed by atoms with Gasteiger partial charge in [0.25, 0.3) is 5.91 Å². The molecule has 1 unspecified atom stereocenters. The summed E-state index contributed by atoms with van der Waals surface area (Å²) in [5, 5.41) is 2.53. The molecule has 2 aliphatic heterocycles. The highest BCUT2D eigenvalue weighted by atomic mass is 16.5. The number of esters is 1. The van der Waals surface area contributed by atoms with Gasteiger partial charge in [-0.3, -0.25) is 14.4 Å². The molecule has 0 bridgehead atoms. The van der Waals surface area contributed by atoms with Crippen molar-refractivity contribution in [2.45, 2.75) is 6.10 Å². The van der Waals surface area contributed by atoms with Crippen LogP contribution in [0.15, 0.2) is 24.3 Å². The van der Waals surface area contributed by atoms with Gasteiger partial charge in [-0.25, -0.2) is 0 Å². The lowest BCUT2D eigenvalue weighted by Gasteiger charge is -2.34. The number of nitrogens with one attached hydrogen (secondary N) is 1. The minimum Gasteiger partial charge on any atom is -0.457 e. The Morgan fingerprint density at radius 3 is 2.67 bits per heavy atom. The first-order chi connectivity index (χ1) is 11.7. The van der Waals surface area contributed by atoms with Crippen molar-refractivity contribution in [1.29, 1.82) is 0 Å². The van der Waals surface area contributed by atoms with Crippen LogP contribution < -0.4 is 15.1 Å². The highest BCUT2D eigenvalue weighted by Crippen LogP contribution is 2.23. The molecule has 1 aromatic rings. The van der Waals surface area contributed by atoms with Crippen molar-refractivity contribution in [3.8, 4) is 0 Å². The van der Waals surface area contributed by atoms with Gasteiger partial charge in [-0.05, 0) is 24.3 Å². The number of morpholine rings is 2. The van der Waals surface area contributed by atoms with Crippen molar-refractivity contribution < 1.29 is 23.9 Å². The SMILES string of the molecule is O=CNCC1CN(c2ccc(N3CCOCC3=O)cc2)CC(=O)O1. The van der Waals surface area contributed by atoms with Gasteiger partial charge in [0.05, 0.1) is 19.7 Å². The fourth-order valence-corrected chi connectivity index (χ4v) is 2.84. The number of carbonyl (C=O) groups is 3. The molecule has 2 aliphatic rings. The molecular weight excluding hydrogens is 314 g/mol. The molecular formula is C16H19N3O5. The third kappa shape index (κ3) is 3.65. The molecule has 3 rings (SSSR count). The van der Waals surface area contributed by atoms with Crippen LogP contribution in [-0.4, -0.2) is 63.8 Å². The highest BCUT2D eigenvalue weighted by Gasteiger charge is 2.27. The molecule has 2 amide bonds. The Morgan fingerprint density at radius 1 is 1.21 bits per heavy atom. The minimum atomic E-state index is -0.378. The first kappa shape index (κ1) is 16.3. The lowest BCUT2D eigenvalue weighted by atomic mass is 10.2. The van der Waals surface area contributed by atoms with Crippen LogP contribution in [0.25, 0.3) is 0 Å². The maximum absolute atomic E-state index is 11.9. The first-order valence-corrected chi connectivity index (χ1v) is 7.77. The summed E-state index contributed by atoms with van der Waals surface area (Å²) in [7, 11) is 0. The number of carbonyl (C=O) groups excluding carboxylic acids is 3. The number of ether oxygens (including phenoxy) is 2. The predicted octanol–water partition coefficient (Wildman–Crippen LogP) is -0.472. The topological polar surface area (TPSA) is 88.2 Å². The molecule has 2 saturated heterocycles. The van der Waals surface area contributed by atoms with Crippen LogP contribution in [0.1, 0.15) is 0 Å². The summed E-state index contributed by atoms with van der Waals surface area (Å²) in [5.41, 5.74) is 1.68. The Hall–Kier alpha value is -2.61. The summed E-state index contributed by atoms with van der Waals surface area (Å²) in [6.45, 7) is 2.11. The second kappa shape index (κ2) is 7.31. The molecule has 24 heavy (non-hydrogen) atoms. The maximum atomic E-state index is 11.9. The van der Waals surface area contributed by atoms with Gasteiger partial charge in [0.1, 0.15) is 19.3 Å². The third-order valence-corrected chi connectivity index (χ3v) is 3.98. The normalized spacial score (nSPS) is 21.4. The summed E-state index contributed by atoms with van der Waals surface area (Å²) in [5.74, 6) is -0.387. The van der Waals surface area contributed by atoms with Gasteiger partial charge in [0, 0.05) is 17.9 Å². The third-order valence-electron chi connectivity index (χ3n) is 3.98. The first-order valence-electron chi connectivity index (χ1n) is 7.77. The van der Waals surface area contributed by atoms with E-state index >= 15 is 0 Å². The molecule has 2 heterocycles. The van der Waals surface area contributed by atoms with Crippen LogP contribution in [0, 0.1) is 0 Å². The van der Waals surface area contributed by atoms with Gasteiger partial charge in [0.15, 0.2) is 0 Å². The van der Waals surface area contributed by atoms with Crippen LogP contribution in [0.5, 0.6) is 0 Å². The molecule has 2 fully saturated rings. The summed E-state index contributed by atoms with van der Waals surface area (Å²) < 4.78 is 10.3. The van der Waals surface area contributed by atoms with Crippen LogP contribution in [0.3, 0.4) is 0 Å². The molecule has 1 N–H and O–H groups in total. The van der Waals surface area contributed by atoms with E-state index in [-0.39, 0.29) is 37.7 Å². The van der Waals surface area contributed by atoms with Crippen molar-refractivity contribution in [3.05, 3.63) is 24.3 Å². The van der Waals surface area contributed by atoms with Gasteiger partial charge in [0.2, 0.25) is 6.41 Å². The Morgan fingerprint density at radius 2 is 1.96 bits per heavy atom. The lowest BCUT2D eigenvalue weighted by Crippen LogP contribution is -2.49. The molecule has 0 spiro atoms. The van der Waals surface area contributed by atoms with E-state index in [1.165, 1.54) is 0 Å².